The lowest BCUT2D eigenvalue weighted by atomic mass is 9.91. The van der Waals surface area contributed by atoms with Crippen molar-refractivity contribution in [2.24, 2.45) is 17.8 Å². The molecule has 0 aromatic carbocycles. The first-order valence-electron chi connectivity index (χ1n) is 4.31. The molecule has 1 heteroatoms. The van der Waals surface area contributed by atoms with Crippen LogP contribution in [0.1, 0.15) is 33.1 Å². The molecular formula is C9H17I. The summed E-state index contributed by atoms with van der Waals surface area (Å²) in [6.45, 7) is 4.83. The van der Waals surface area contributed by atoms with Crippen LogP contribution >= 0.6 is 22.6 Å². The van der Waals surface area contributed by atoms with E-state index >= 15 is 0 Å². The highest BCUT2D eigenvalue weighted by Gasteiger charge is 2.28. The van der Waals surface area contributed by atoms with Crippen molar-refractivity contribution in [3.05, 3.63) is 0 Å². The average molecular weight is 252 g/mol. The Labute approximate surface area is 77.9 Å². The molecule has 0 spiro atoms. The normalized spacial score (nSPS) is 40.5. The summed E-state index contributed by atoms with van der Waals surface area (Å²) in [7, 11) is 0. The first-order chi connectivity index (χ1) is 4.75. The minimum Gasteiger partial charge on any atom is -0.0864 e. The van der Waals surface area contributed by atoms with E-state index in [1.807, 2.05) is 0 Å². The third-order valence-corrected chi connectivity index (χ3v) is 3.74. The van der Waals surface area contributed by atoms with E-state index < -0.39 is 0 Å². The molecule has 0 nitrogen and oxygen atoms in total. The standard InChI is InChI=1S/C9H17I/c1-7-3-4-9(5-6-10)8(7)2/h7-9H,3-6H2,1-2H3/t7-,8?,9?/m0/s1. The van der Waals surface area contributed by atoms with Crippen molar-refractivity contribution in [1.82, 2.24) is 0 Å². The molecule has 3 atom stereocenters. The van der Waals surface area contributed by atoms with Crippen LogP contribution in [0.25, 0.3) is 0 Å². The molecule has 10 heavy (non-hydrogen) atoms. The molecule has 1 aliphatic rings. The molecule has 0 aromatic rings. The molecule has 1 fully saturated rings. The maximum Gasteiger partial charge on any atom is -0.000199 e. The van der Waals surface area contributed by atoms with Gasteiger partial charge in [-0.25, -0.2) is 0 Å². The largest absolute Gasteiger partial charge is 0.0864 e. The summed E-state index contributed by atoms with van der Waals surface area (Å²) >= 11 is 2.49. The summed E-state index contributed by atoms with van der Waals surface area (Å²) in [6, 6.07) is 0. The molecule has 0 amide bonds. The van der Waals surface area contributed by atoms with Crippen LogP contribution in [0, 0.1) is 17.8 Å². The van der Waals surface area contributed by atoms with Crippen molar-refractivity contribution in [3.63, 3.8) is 0 Å². The molecule has 1 aliphatic carbocycles. The van der Waals surface area contributed by atoms with E-state index in [2.05, 4.69) is 36.4 Å². The van der Waals surface area contributed by atoms with Gasteiger partial charge in [-0.15, -0.1) is 0 Å². The summed E-state index contributed by atoms with van der Waals surface area (Å²) < 4.78 is 1.35. The lowest BCUT2D eigenvalue weighted by Gasteiger charge is -2.16. The zero-order valence-corrected chi connectivity index (χ0v) is 9.10. The molecule has 1 rings (SSSR count). The summed E-state index contributed by atoms with van der Waals surface area (Å²) in [4.78, 5) is 0. The van der Waals surface area contributed by atoms with Crippen LogP contribution in [-0.4, -0.2) is 4.43 Å². The van der Waals surface area contributed by atoms with Crippen molar-refractivity contribution in [2.75, 3.05) is 4.43 Å². The predicted octanol–water partition coefficient (Wildman–Crippen LogP) is 3.49. The Bertz CT molecular complexity index is 98.9. The zero-order chi connectivity index (χ0) is 7.56. The van der Waals surface area contributed by atoms with Crippen LogP contribution in [0.5, 0.6) is 0 Å². The molecule has 0 radical (unpaired) electrons. The highest BCUT2D eigenvalue weighted by Crippen LogP contribution is 2.38. The first kappa shape index (κ1) is 8.82. The van der Waals surface area contributed by atoms with E-state index in [-0.39, 0.29) is 0 Å². The Hall–Kier alpha value is 0.730. The molecule has 0 aliphatic heterocycles. The third kappa shape index (κ3) is 1.86. The fourth-order valence-electron chi connectivity index (χ4n) is 2.01. The number of hydrogen-bond acceptors (Lipinski definition) is 0. The molecule has 1 saturated carbocycles. The Morgan fingerprint density at radius 3 is 2.40 bits per heavy atom. The second-order valence-corrected chi connectivity index (χ2v) is 4.73. The topological polar surface area (TPSA) is 0 Å². The van der Waals surface area contributed by atoms with Gasteiger partial charge in [0.15, 0.2) is 0 Å². The number of halogens is 1. The lowest BCUT2D eigenvalue weighted by molar-refractivity contribution is 0.352. The maximum atomic E-state index is 2.49. The summed E-state index contributed by atoms with van der Waals surface area (Å²) in [5.74, 6) is 3.04. The van der Waals surface area contributed by atoms with E-state index in [4.69, 9.17) is 0 Å². The average Bonchev–Trinajstić information content (AvgIpc) is 2.20. The molecule has 2 unspecified atom stereocenters. The van der Waals surface area contributed by atoms with E-state index in [9.17, 15) is 0 Å². The summed E-state index contributed by atoms with van der Waals surface area (Å²) in [5, 5.41) is 0. The third-order valence-electron chi connectivity index (χ3n) is 3.11. The fourth-order valence-corrected chi connectivity index (χ4v) is 2.81. The van der Waals surface area contributed by atoms with Crippen LogP contribution in [0.3, 0.4) is 0 Å². The van der Waals surface area contributed by atoms with E-state index in [0.717, 1.165) is 17.8 Å². The monoisotopic (exact) mass is 252 g/mol. The SMILES string of the molecule is CC1C(CCI)CC[C@@H]1C. The van der Waals surface area contributed by atoms with Crippen LogP contribution in [0.2, 0.25) is 0 Å². The Morgan fingerprint density at radius 1 is 1.30 bits per heavy atom. The number of hydrogen-bond donors (Lipinski definition) is 0. The van der Waals surface area contributed by atoms with Gasteiger partial charge in [0.05, 0.1) is 0 Å². The molecule has 0 bridgehead atoms. The molecular weight excluding hydrogens is 235 g/mol. The van der Waals surface area contributed by atoms with Crippen molar-refractivity contribution in [3.8, 4) is 0 Å². The van der Waals surface area contributed by atoms with Gasteiger partial charge in [0.25, 0.3) is 0 Å². The zero-order valence-electron chi connectivity index (χ0n) is 6.94. The van der Waals surface area contributed by atoms with Crippen LogP contribution in [0.4, 0.5) is 0 Å². The minimum absolute atomic E-state index is 0.993. The Morgan fingerprint density at radius 2 is 2.00 bits per heavy atom. The van der Waals surface area contributed by atoms with Crippen molar-refractivity contribution in [1.29, 1.82) is 0 Å². The number of alkyl halides is 1. The van der Waals surface area contributed by atoms with E-state index in [1.54, 1.807) is 0 Å². The van der Waals surface area contributed by atoms with E-state index in [0.29, 0.717) is 0 Å². The van der Waals surface area contributed by atoms with Crippen molar-refractivity contribution >= 4 is 22.6 Å². The van der Waals surface area contributed by atoms with Crippen LogP contribution in [-0.2, 0) is 0 Å². The first-order valence-corrected chi connectivity index (χ1v) is 5.84. The van der Waals surface area contributed by atoms with Crippen molar-refractivity contribution in [2.45, 2.75) is 33.1 Å². The minimum atomic E-state index is 0.993. The smallest absolute Gasteiger partial charge is 0.000199 e. The summed E-state index contributed by atoms with van der Waals surface area (Å²) in [5.41, 5.74) is 0. The van der Waals surface area contributed by atoms with Gasteiger partial charge < -0.3 is 0 Å². The van der Waals surface area contributed by atoms with Crippen molar-refractivity contribution < 1.29 is 0 Å². The lowest BCUT2D eigenvalue weighted by Crippen LogP contribution is -2.08. The van der Waals surface area contributed by atoms with Gasteiger partial charge in [-0.05, 0) is 35.0 Å². The van der Waals surface area contributed by atoms with Gasteiger partial charge in [-0.1, -0.05) is 42.9 Å². The Balaban J connectivity index is 2.33. The van der Waals surface area contributed by atoms with Gasteiger partial charge in [0.1, 0.15) is 0 Å². The van der Waals surface area contributed by atoms with Gasteiger partial charge in [-0.3, -0.25) is 0 Å². The van der Waals surface area contributed by atoms with E-state index in [1.165, 1.54) is 23.7 Å². The van der Waals surface area contributed by atoms with Gasteiger partial charge in [0.2, 0.25) is 0 Å². The fraction of sp³-hybridized carbons (Fsp3) is 1.00. The number of rotatable bonds is 2. The molecule has 60 valence electrons. The summed E-state index contributed by atoms with van der Waals surface area (Å²) in [6.07, 6.45) is 4.42. The highest BCUT2D eigenvalue weighted by atomic mass is 127. The van der Waals surface area contributed by atoms with Gasteiger partial charge >= 0.3 is 0 Å². The van der Waals surface area contributed by atoms with Gasteiger partial charge in [0, 0.05) is 0 Å². The highest BCUT2D eigenvalue weighted by molar-refractivity contribution is 14.1. The molecule has 0 aromatic heterocycles. The quantitative estimate of drug-likeness (QED) is 0.521. The van der Waals surface area contributed by atoms with Crippen LogP contribution < -0.4 is 0 Å². The van der Waals surface area contributed by atoms with Crippen LogP contribution in [0.15, 0.2) is 0 Å². The molecule has 0 N–H and O–H groups in total. The Kier molecular flexibility index (Phi) is 3.47. The molecule has 0 saturated heterocycles. The predicted molar refractivity (Wildman–Crippen MR) is 54.6 cm³/mol. The second kappa shape index (κ2) is 3.93. The second-order valence-electron chi connectivity index (χ2n) is 3.65. The van der Waals surface area contributed by atoms with Gasteiger partial charge in [-0.2, -0.15) is 0 Å². The molecule has 0 heterocycles. The maximum absolute atomic E-state index is 2.49.